The van der Waals surface area contributed by atoms with E-state index in [1.807, 2.05) is 21.0 Å². The van der Waals surface area contributed by atoms with Crippen LogP contribution < -0.4 is 10.2 Å². The molecule has 114 valence electrons. The normalized spacial score (nSPS) is 10.9. The minimum Gasteiger partial charge on any atom is -0.368 e. The molecule has 4 nitrogen and oxygen atoms in total. The second-order valence-corrected chi connectivity index (χ2v) is 5.13. The quantitative estimate of drug-likeness (QED) is 0.796. The van der Waals surface area contributed by atoms with Crippen LogP contribution in [-0.2, 0) is 0 Å². The molecule has 0 spiro atoms. The molecule has 1 aromatic rings. The predicted molar refractivity (Wildman–Crippen MR) is 79.4 cm³/mol. The topological polar surface area (TPSA) is 31.4 Å². The van der Waals surface area contributed by atoms with Gasteiger partial charge in [-0.15, -0.1) is 0 Å². The predicted octanol–water partition coefficient (Wildman–Crippen LogP) is 2.57. The molecule has 1 rings (SSSR count). The summed E-state index contributed by atoms with van der Waals surface area (Å²) in [5, 5.41) is 2.87. The van der Waals surface area contributed by atoms with Gasteiger partial charge in [-0.3, -0.25) is 0 Å². The minimum absolute atomic E-state index is 0.114. The van der Waals surface area contributed by atoms with Gasteiger partial charge in [0.15, 0.2) is 23.3 Å². The zero-order valence-electron chi connectivity index (χ0n) is 12.7. The van der Waals surface area contributed by atoms with Gasteiger partial charge in [0.25, 0.3) is 0 Å². The highest BCUT2D eigenvalue weighted by atomic mass is 19.1. The van der Waals surface area contributed by atoms with Crippen molar-refractivity contribution in [3.8, 4) is 0 Å². The molecule has 0 fully saturated rings. The van der Waals surface area contributed by atoms with Gasteiger partial charge in [0.05, 0.1) is 0 Å². The average Bonchev–Trinajstić information content (AvgIpc) is 2.37. The fraction of sp³-hybridized carbons (Fsp3) is 0.643. The molecule has 0 aromatic carbocycles. The largest absolute Gasteiger partial charge is 0.368 e. The van der Waals surface area contributed by atoms with Gasteiger partial charge in [-0.05, 0) is 33.5 Å². The van der Waals surface area contributed by atoms with Gasteiger partial charge in [0.1, 0.15) is 0 Å². The summed E-state index contributed by atoms with van der Waals surface area (Å²) in [5.74, 6) is -0.982. The van der Waals surface area contributed by atoms with Crippen LogP contribution in [0.25, 0.3) is 0 Å². The van der Waals surface area contributed by atoms with Crippen LogP contribution in [0.4, 0.5) is 20.4 Å². The molecular formula is C14H24F2N4. The first-order valence-corrected chi connectivity index (χ1v) is 6.91. The molecule has 1 N–H and O–H groups in total. The van der Waals surface area contributed by atoms with Gasteiger partial charge < -0.3 is 15.1 Å². The van der Waals surface area contributed by atoms with E-state index in [-0.39, 0.29) is 11.6 Å². The Hall–Kier alpha value is -1.43. The van der Waals surface area contributed by atoms with Crippen molar-refractivity contribution in [3.63, 3.8) is 0 Å². The minimum atomic E-state index is -0.651. The SMILES string of the molecule is CCCNc1nc(N(C)CCCN(C)C)c(F)cc1F. The third-order valence-electron chi connectivity index (χ3n) is 2.91. The number of hydrogen-bond acceptors (Lipinski definition) is 4. The highest BCUT2D eigenvalue weighted by molar-refractivity contribution is 5.48. The first kappa shape index (κ1) is 16.6. The van der Waals surface area contributed by atoms with Crippen LogP contribution in [0.1, 0.15) is 19.8 Å². The lowest BCUT2D eigenvalue weighted by molar-refractivity contribution is 0.401. The van der Waals surface area contributed by atoms with E-state index < -0.39 is 11.6 Å². The summed E-state index contributed by atoms with van der Waals surface area (Å²) in [7, 11) is 5.75. The molecular weight excluding hydrogens is 262 g/mol. The van der Waals surface area contributed by atoms with Gasteiger partial charge in [-0.2, -0.15) is 0 Å². The number of rotatable bonds is 8. The van der Waals surface area contributed by atoms with Crippen LogP contribution in [-0.4, -0.2) is 50.7 Å². The summed E-state index contributed by atoms with van der Waals surface area (Å²) in [6.07, 6.45) is 1.74. The van der Waals surface area contributed by atoms with Crippen LogP contribution >= 0.6 is 0 Å². The van der Waals surface area contributed by atoms with Crippen LogP contribution in [0.5, 0.6) is 0 Å². The van der Waals surface area contributed by atoms with E-state index in [0.29, 0.717) is 13.1 Å². The number of nitrogens with one attached hydrogen (secondary N) is 1. The Morgan fingerprint density at radius 2 is 1.85 bits per heavy atom. The lowest BCUT2D eigenvalue weighted by atomic mass is 10.3. The van der Waals surface area contributed by atoms with Gasteiger partial charge in [-0.25, -0.2) is 13.8 Å². The Bertz CT molecular complexity index is 424. The van der Waals surface area contributed by atoms with Gasteiger partial charge >= 0.3 is 0 Å². The summed E-state index contributed by atoms with van der Waals surface area (Å²) >= 11 is 0. The van der Waals surface area contributed by atoms with Crippen LogP contribution in [0.2, 0.25) is 0 Å². The second-order valence-electron chi connectivity index (χ2n) is 5.13. The van der Waals surface area contributed by atoms with E-state index in [2.05, 4.69) is 15.2 Å². The van der Waals surface area contributed by atoms with E-state index in [0.717, 1.165) is 25.5 Å². The molecule has 0 bridgehead atoms. The summed E-state index contributed by atoms with van der Waals surface area (Å²) < 4.78 is 27.4. The molecule has 0 unspecified atom stereocenters. The van der Waals surface area contributed by atoms with Crippen molar-refractivity contribution in [1.82, 2.24) is 9.88 Å². The highest BCUT2D eigenvalue weighted by Gasteiger charge is 2.14. The molecule has 0 saturated carbocycles. The number of hydrogen-bond donors (Lipinski definition) is 1. The maximum atomic E-state index is 13.8. The number of halogens is 2. The Balaban J connectivity index is 2.76. The standard InChI is InChI=1S/C14H24F2N4/c1-5-7-17-13-11(15)10-12(16)14(18-13)20(4)9-6-8-19(2)3/h10H,5-9H2,1-4H3,(H,17,18). The van der Waals surface area contributed by atoms with E-state index in [1.54, 1.807) is 11.9 Å². The van der Waals surface area contributed by atoms with Crippen LogP contribution in [0, 0.1) is 11.6 Å². The Kier molecular flexibility index (Phi) is 6.64. The number of anilines is 2. The first-order valence-electron chi connectivity index (χ1n) is 6.91. The maximum absolute atomic E-state index is 13.8. The average molecular weight is 286 g/mol. The van der Waals surface area contributed by atoms with Gasteiger partial charge in [0.2, 0.25) is 0 Å². The molecule has 6 heteroatoms. The van der Waals surface area contributed by atoms with Crippen molar-refractivity contribution >= 4 is 11.6 Å². The fourth-order valence-electron chi connectivity index (χ4n) is 1.82. The Morgan fingerprint density at radius 1 is 1.15 bits per heavy atom. The molecule has 0 aliphatic rings. The Labute approximate surface area is 119 Å². The molecule has 1 heterocycles. The Morgan fingerprint density at radius 3 is 2.45 bits per heavy atom. The van der Waals surface area contributed by atoms with E-state index in [9.17, 15) is 8.78 Å². The lowest BCUT2D eigenvalue weighted by Crippen LogP contribution is -2.25. The van der Waals surface area contributed by atoms with E-state index in [1.165, 1.54) is 0 Å². The monoisotopic (exact) mass is 286 g/mol. The molecule has 0 aliphatic carbocycles. The third-order valence-corrected chi connectivity index (χ3v) is 2.91. The third kappa shape index (κ3) is 4.92. The van der Waals surface area contributed by atoms with Crippen molar-refractivity contribution in [2.45, 2.75) is 19.8 Å². The summed E-state index contributed by atoms with van der Waals surface area (Å²) in [6, 6.07) is 0.892. The molecule has 0 saturated heterocycles. The zero-order valence-corrected chi connectivity index (χ0v) is 12.7. The van der Waals surface area contributed by atoms with Crippen molar-refractivity contribution in [3.05, 3.63) is 17.7 Å². The smallest absolute Gasteiger partial charge is 0.168 e. The summed E-state index contributed by atoms with van der Waals surface area (Å²) in [4.78, 5) is 7.84. The lowest BCUT2D eigenvalue weighted by Gasteiger charge is -2.21. The number of pyridine rings is 1. The zero-order chi connectivity index (χ0) is 15.1. The van der Waals surface area contributed by atoms with Crippen molar-refractivity contribution in [1.29, 1.82) is 0 Å². The first-order chi connectivity index (χ1) is 9.45. The molecule has 20 heavy (non-hydrogen) atoms. The highest BCUT2D eigenvalue weighted by Crippen LogP contribution is 2.21. The number of aromatic nitrogens is 1. The van der Waals surface area contributed by atoms with Gasteiger partial charge in [0, 0.05) is 26.2 Å². The van der Waals surface area contributed by atoms with Gasteiger partial charge in [-0.1, -0.05) is 6.92 Å². The van der Waals surface area contributed by atoms with Crippen molar-refractivity contribution in [2.24, 2.45) is 0 Å². The molecule has 0 radical (unpaired) electrons. The molecule has 1 aromatic heterocycles. The molecule has 0 atom stereocenters. The molecule has 0 amide bonds. The second kappa shape index (κ2) is 7.99. The van der Waals surface area contributed by atoms with Crippen molar-refractivity contribution < 1.29 is 8.78 Å². The maximum Gasteiger partial charge on any atom is 0.168 e. The summed E-state index contributed by atoms with van der Waals surface area (Å²) in [5.41, 5.74) is 0. The molecule has 0 aliphatic heterocycles. The number of nitrogens with zero attached hydrogens (tertiary/aromatic N) is 3. The van der Waals surface area contributed by atoms with E-state index >= 15 is 0 Å². The fourth-order valence-corrected chi connectivity index (χ4v) is 1.82. The van der Waals surface area contributed by atoms with Crippen LogP contribution in [0.15, 0.2) is 6.07 Å². The van der Waals surface area contributed by atoms with Crippen LogP contribution in [0.3, 0.4) is 0 Å². The van der Waals surface area contributed by atoms with E-state index in [4.69, 9.17) is 0 Å². The summed E-state index contributed by atoms with van der Waals surface area (Å²) in [6.45, 7) is 4.16. The van der Waals surface area contributed by atoms with Crippen molar-refractivity contribution in [2.75, 3.05) is 51.0 Å².